The quantitative estimate of drug-likeness (QED) is 0.341. The van der Waals surface area contributed by atoms with E-state index in [0.29, 0.717) is 0 Å². The first-order valence-corrected chi connectivity index (χ1v) is 9.57. The first-order chi connectivity index (χ1) is 10.3. The van der Waals surface area contributed by atoms with Crippen LogP contribution in [0.5, 0.6) is 0 Å². The van der Waals surface area contributed by atoms with E-state index in [9.17, 15) is 5.11 Å². The Morgan fingerprint density at radius 3 is 1.67 bits per heavy atom. The molecule has 0 aliphatic heterocycles. The summed E-state index contributed by atoms with van der Waals surface area (Å²) in [6.45, 7) is 5.49. The van der Waals surface area contributed by atoms with Crippen molar-refractivity contribution in [3.8, 4) is 0 Å². The van der Waals surface area contributed by atoms with Crippen LogP contribution in [-0.2, 0) is 4.74 Å². The molecule has 0 aromatic rings. The molecule has 0 saturated heterocycles. The number of unbranched alkanes of at least 4 members (excludes halogenated alkanes) is 11. The van der Waals surface area contributed by atoms with Crippen molar-refractivity contribution in [2.45, 2.75) is 110 Å². The molecule has 0 aromatic carbocycles. The van der Waals surface area contributed by atoms with Crippen LogP contribution < -0.4 is 0 Å². The second-order valence-corrected chi connectivity index (χ2v) is 6.35. The third-order valence-electron chi connectivity index (χ3n) is 4.18. The summed E-state index contributed by atoms with van der Waals surface area (Å²) in [4.78, 5) is 0. The van der Waals surface area contributed by atoms with E-state index in [0.717, 1.165) is 19.4 Å². The van der Waals surface area contributed by atoms with Crippen molar-refractivity contribution >= 4 is 0 Å². The van der Waals surface area contributed by atoms with E-state index in [1.54, 1.807) is 0 Å². The molecule has 1 N–H and O–H groups in total. The lowest BCUT2D eigenvalue weighted by molar-refractivity contribution is 0.00504. The van der Waals surface area contributed by atoms with Crippen molar-refractivity contribution in [3.63, 3.8) is 0 Å². The van der Waals surface area contributed by atoms with Gasteiger partial charge in [0.05, 0.1) is 12.7 Å². The van der Waals surface area contributed by atoms with Gasteiger partial charge in [-0.25, -0.2) is 0 Å². The molecule has 0 rings (SSSR count). The SMILES string of the molecule is CCCCCCCCCCCCOC(CO)CCCCC. The zero-order valence-corrected chi connectivity index (χ0v) is 14.7. The fourth-order valence-electron chi connectivity index (χ4n) is 2.69. The largest absolute Gasteiger partial charge is 0.394 e. The molecule has 128 valence electrons. The summed E-state index contributed by atoms with van der Waals surface area (Å²) in [5.74, 6) is 0. The molecule has 1 unspecified atom stereocenters. The number of aliphatic hydroxyl groups excluding tert-OH is 1. The molecule has 0 fully saturated rings. The Morgan fingerprint density at radius 2 is 1.14 bits per heavy atom. The van der Waals surface area contributed by atoms with Gasteiger partial charge >= 0.3 is 0 Å². The highest BCUT2D eigenvalue weighted by Gasteiger charge is 2.06. The van der Waals surface area contributed by atoms with Gasteiger partial charge in [-0.3, -0.25) is 0 Å². The lowest BCUT2D eigenvalue weighted by Crippen LogP contribution is -2.18. The number of rotatable bonds is 17. The first kappa shape index (κ1) is 20.9. The Morgan fingerprint density at radius 1 is 0.667 bits per heavy atom. The minimum Gasteiger partial charge on any atom is -0.394 e. The van der Waals surface area contributed by atoms with E-state index < -0.39 is 0 Å². The van der Waals surface area contributed by atoms with Crippen molar-refractivity contribution < 1.29 is 9.84 Å². The van der Waals surface area contributed by atoms with Gasteiger partial charge in [-0.1, -0.05) is 90.9 Å². The van der Waals surface area contributed by atoms with Crippen LogP contribution in [0, 0.1) is 0 Å². The number of ether oxygens (including phenoxy) is 1. The molecule has 2 nitrogen and oxygen atoms in total. The predicted molar refractivity (Wildman–Crippen MR) is 92.8 cm³/mol. The Hall–Kier alpha value is -0.0800. The van der Waals surface area contributed by atoms with E-state index >= 15 is 0 Å². The van der Waals surface area contributed by atoms with E-state index in [2.05, 4.69) is 13.8 Å². The Kier molecular flexibility index (Phi) is 17.9. The maximum Gasteiger partial charge on any atom is 0.0805 e. The van der Waals surface area contributed by atoms with Crippen molar-refractivity contribution in [1.82, 2.24) is 0 Å². The van der Waals surface area contributed by atoms with Gasteiger partial charge in [-0.15, -0.1) is 0 Å². The average Bonchev–Trinajstić information content (AvgIpc) is 2.51. The molecule has 0 aliphatic carbocycles. The molecule has 1 atom stereocenters. The summed E-state index contributed by atoms with van der Waals surface area (Å²) in [6, 6.07) is 0. The maximum atomic E-state index is 9.26. The van der Waals surface area contributed by atoms with Gasteiger partial charge in [-0.05, 0) is 12.8 Å². The highest BCUT2D eigenvalue weighted by atomic mass is 16.5. The van der Waals surface area contributed by atoms with Crippen molar-refractivity contribution in [2.24, 2.45) is 0 Å². The average molecular weight is 301 g/mol. The topological polar surface area (TPSA) is 29.5 Å². The molecule has 0 heterocycles. The van der Waals surface area contributed by atoms with Crippen LogP contribution in [-0.4, -0.2) is 24.4 Å². The molecule has 0 spiro atoms. The van der Waals surface area contributed by atoms with Crippen LogP contribution in [0.3, 0.4) is 0 Å². The first-order valence-electron chi connectivity index (χ1n) is 9.57. The van der Waals surface area contributed by atoms with Crippen LogP contribution in [0.2, 0.25) is 0 Å². The van der Waals surface area contributed by atoms with Crippen LogP contribution in [0.25, 0.3) is 0 Å². The van der Waals surface area contributed by atoms with Gasteiger partial charge in [0, 0.05) is 6.61 Å². The van der Waals surface area contributed by atoms with Gasteiger partial charge in [0.25, 0.3) is 0 Å². The third-order valence-corrected chi connectivity index (χ3v) is 4.18. The number of aliphatic hydroxyl groups is 1. The zero-order valence-electron chi connectivity index (χ0n) is 14.7. The Bertz CT molecular complexity index is 182. The van der Waals surface area contributed by atoms with E-state index in [1.807, 2.05) is 0 Å². The van der Waals surface area contributed by atoms with Gasteiger partial charge in [0.1, 0.15) is 0 Å². The highest BCUT2D eigenvalue weighted by molar-refractivity contribution is 4.56. The molecule has 0 amide bonds. The van der Waals surface area contributed by atoms with Crippen molar-refractivity contribution in [2.75, 3.05) is 13.2 Å². The van der Waals surface area contributed by atoms with E-state index in [-0.39, 0.29) is 12.7 Å². The van der Waals surface area contributed by atoms with Crippen LogP contribution >= 0.6 is 0 Å². The van der Waals surface area contributed by atoms with Crippen molar-refractivity contribution in [3.05, 3.63) is 0 Å². The number of hydrogen-bond acceptors (Lipinski definition) is 2. The molecule has 0 saturated carbocycles. The molecular formula is C19H40O2. The fourth-order valence-corrected chi connectivity index (χ4v) is 2.69. The predicted octanol–water partition coefficient (Wildman–Crippen LogP) is 5.87. The summed E-state index contributed by atoms with van der Waals surface area (Å²) in [5, 5.41) is 9.26. The number of hydrogen-bond donors (Lipinski definition) is 1. The van der Waals surface area contributed by atoms with Gasteiger partial charge in [0.15, 0.2) is 0 Å². The summed E-state index contributed by atoms with van der Waals surface area (Å²) >= 11 is 0. The van der Waals surface area contributed by atoms with Crippen LogP contribution in [0.15, 0.2) is 0 Å². The summed E-state index contributed by atoms with van der Waals surface area (Å²) < 4.78 is 5.76. The second-order valence-electron chi connectivity index (χ2n) is 6.35. The Balaban J connectivity index is 3.19. The van der Waals surface area contributed by atoms with E-state index in [1.165, 1.54) is 77.0 Å². The summed E-state index contributed by atoms with van der Waals surface area (Å²) in [5.41, 5.74) is 0. The highest BCUT2D eigenvalue weighted by Crippen LogP contribution is 2.11. The molecule has 0 aliphatic rings. The lowest BCUT2D eigenvalue weighted by atomic mass is 10.1. The Labute approximate surface area is 133 Å². The second kappa shape index (κ2) is 18.0. The molecule has 0 radical (unpaired) electrons. The van der Waals surface area contributed by atoms with Crippen LogP contribution in [0.4, 0.5) is 0 Å². The minimum absolute atomic E-state index is 0.0788. The maximum absolute atomic E-state index is 9.26. The van der Waals surface area contributed by atoms with E-state index in [4.69, 9.17) is 4.74 Å². The van der Waals surface area contributed by atoms with Gasteiger partial charge in [-0.2, -0.15) is 0 Å². The monoisotopic (exact) mass is 300 g/mol. The smallest absolute Gasteiger partial charge is 0.0805 e. The minimum atomic E-state index is 0.0788. The molecular weight excluding hydrogens is 260 g/mol. The fraction of sp³-hybridized carbons (Fsp3) is 1.00. The normalized spacial score (nSPS) is 12.7. The lowest BCUT2D eigenvalue weighted by Gasteiger charge is -2.15. The van der Waals surface area contributed by atoms with Crippen molar-refractivity contribution in [1.29, 1.82) is 0 Å². The molecule has 0 bridgehead atoms. The van der Waals surface area contributed by atoms with Crippen LogP contribution in [0.1, 0.15) is 104 Å². The summed E-state index contributed by atoms with van der Waals surface area (Å²) in [6.07, 6.45) is 18.3. The third kappa shape index (κ3) is 16.1. The zero-order chi connectivity index (χ0) is 15.6. The molecule has 0 aromatic heterocycles. The van der Waals surface area contributed by atoms with Gasteiger partial charge < -0.3 is 9.84 Å². The molecule has 21 heavy (non-hydrogen) atoms. The van der Waals surface area contributed by atoms with Gasteiger partial charge in [0.2, 0.25) is 0 Å². The summed E-state index contributed by atoms with van der Waals surface area (Å²) in [7, 11) is 0. The molecule has 2 heteroatoms. The standard InChI is InChI=1S/C19H40O2/c1-3-5-7-8-9-10-11-12-13-15-17-21-19(18-20)16-14-6-4-2/h19-20H,3-18H2,1-2H3.